The van der Waals surface area contributed by atoms with Crippen molar-refractivity contribution >= 4 is 35.3 Å². The van der Waals surface area contributed by atoms with Crippen molar-refractivity contribution in [2.45, 2.75) is 0 Å². The third-order valence-electron chi connectivity index (χ3n) is 4.17. The Morgan fingerprint density at radius 2 is 1.89 bits per heavy atom. The molecule has 2 aromatic carbocycles. The summed E-state index contributed by atoms with van der Waals surface area (Å²) in [6, 6.07) is 18.4. The first-order valence-electron chi connectivity index (χ1n) is 8.29. The number of furan rings is 1. The number of hydrogen-bond donors (Lipinski definition) is 1. The van der Waals surface area contributed by atoms with Gasteiger partial charge in [-0.15, -0.1) is 0 Å². The molecule has 6 nitrogen and oxygen atoms in total. The van der Waals surface area contributed by atoms with Crippen LogP contribution in [0.4, 0.5) is 10.5 Å². The van der Waals surface area contributed by atoms with Gasteiger partial charge in [-0.05, 0) is 42.5 Å². The summed E-state index contributed by atoms with van der Waals surface area (Å²) in [7, 11) is 0. The molecule has 1 aromatic heterocycles. The molecule has 3 aromatic rings. The maximum Gasteiger partial charge on any atom is 0.333 e. The molecule has 0 radical (unpaired) electrons. The number of benzene rings is 2. The number of carbonyl (C=O) groups excluding carboxylic acids is 2. The Balaban J connectivity index is 1.64. The lowest BCUT2D eigenvalue weighted by Gasteiger charge is -2.11. The van der Waals surface area contributed by atoms with Gasteiger partial charge in [0.15, 0.2) is 0 Å². The predicted octanol–water partition coefficient (Wildman–Crippen LogP) is 4.57. The molecule has 28 heavy (non-hydrogen) atoms. The molecule has 3 amide bonds. The van der Waals surface area contributed by atoms with E-state index in [9.17, 15) is 14.9 Å². The summed E-state index contributed by atoms with van der Waals surface area (Å²) in [5, 5.41) is 12.2. The van der Waals surface area contributed by atoms with Crippen LogP contribution in [0.2, 0.25) is 5.02 Å². The van der Waals surface area contributed by atoms with Crippen LogP contribution < -0.4 is 10.2 Å². The second kappa shape index (κ2) is 7.06. The van der Waals surface area contributed by atoms with Crippen molar-refractivity contribution in [2.75, 3.05) is 4.90 Å². The van der Waals surface area contributed by atoms with Gasteiger partial charge >= 0.3 is 6.03 Å². The number of imide groups is 1. The highest BCUT2D eigenvalue weighted by molar-refractivity contribution is 6.32. The Bertz CT molecular complexity index is 1170. The Kier molecular flexibility index (Phi) is 4.44. The lowest BCUT2D eigenvalue weighted by molar-refractivity contribution is -0.113. The molecule has 0 aliphatic carbocycles. The molecule has 0 atom stereocenters. The molecule has 0 spiro atoms. The molecule has 0 unspecified atom stereocenters. The van der Waals surface area contributed by atoms with E-state index in [4.69, 9.17) is 16.0 Å². The first-order chi connectivity index (χ1) is 13.6. The number of nitrogens with zero attached hydrogens (tertiary/aromatic N) is 2. The normalized spacial score (nSPS) is 15.0. The zero-order valence-electron chi connectivity index (χ0n) is 14.3. The average molecular weight is 390 g/mol. The first-order valence-corrected chi connectivity index (χ1v) is 8.66. The number of amides is 3. The third kappa shape index (κ3) is 3.15. The maximum atomic E-state index is 12.7. The molecule has 0 saturated carbocycles. The quantitative estimate of drug-likeness (QED) is 0.525. The van der Waals surface area contributed by atoms with Crippen LogP contribution in [-0.4, -0.2) is 11.9 Å². The minimum atomic E-state index is -0.569. The van der Waals surface area contributed by atoms with Crippen LogP contribution in [0.1, 0.15) is 11.3 Å². The number of halogens is 1. The summed E-state index contributed by atoms with van der Waals surface area (Å²) < 4.78 is 5.75. The van der Waals surface area contributed by atoms with Crippen LogP contribution in [0.3, 0.4) is 0 Å². The maximum absolute atomic E-state index is 12.7. The van der Waals surface area contributed by atoms with E-state index in [0.717, 1.165) is 4.90 Å². The molecule has 1 fully saturated rings. The summed E-state index contributed by atoms with van der Waals surface area (Å²) in [4.78, 5) is 25.9. The van der Waals surface area contributed by atoms with Gasteiger partial charge < -0.3 is 9.73 Å². The second-order valence-corrected chi connectivity index (χ2v) is 6.40. The monoisotopic (exact) mass is 389 g/mol. The van der Waals surface area contributed by atoms with Crippen molar-refractivity contribution in [3.8, 4) is 17.4 Å². The molecule has 1 aliphatic heterocycles. The molecule has 2 heterocycles. The third-order valence-corrected chi connectivity index (χ3v) is 4.41. The smallest absolute Gasteiger partial charge is 0.333 e. The molecule has 4 rings (SSSR count). The molecule has 7 heteroatoms. The highest BCUT2D eigenvalue weighted by atomic mass is 35.5. The number of urea groups is 1. The van der Waals surface area contributed by atoms with Crippen molar-refractivity contribution in [3.63, 3.8) is 0 Å². The molecular formula is C21H12ClN3O3. The average Bonchev–Trinajstić information content (AvgIpc) is 3.26. The minimum absolute atomic E-state index is 0.0828. The highest BCUT2D eigenvalue weighted by Crippen LogP contribution is 2.28. The Hall–Kier alpha value is -3.82. The molecule has 1 N–H and O–H groups in total. The Morgan fingerprint density at radius 3 is 2.68 bits per heavy atom. The standard InChI is InChI=1S/C21H12ClN3O3/c22-14-5-3-6-15(10-14)25-20(26)18(24-21(25)27)11-16-8-9-19(28-16)17-7-2-1-4-13(17)12-23/h1-11H,(H,24,27)/b18-11+. The summed E-state index contributed by atoms with van der Waals surface area (Å²) in [5.74, 6) is 0.356. The number of nitrogens with one attached hydrogen (secondary N) is 1. The van der Waals surface area contributed by atoms with E-state index in [1.165, 1.54) is 12.1 Å². The van der Waals surface area contributed by atoms with E-state index >= 15 is 0 Å². The van der Waals surface area contributed by atoms with E-state index in [1.54, 1.807) is 54.6 Å². The highest BCUT2D eigenvalue weighted by Gasteiger charge is 2.35. The van der Waals surface area contributed by atoms with Crippen LogP contribution in [0.15, 0.2) is 70.8 Å². The second-order valence-electron chi connectivity index (χ2n) is 5.97. The number of rotatable bonds is 3. The minimum Gasteiger partial charge on any atom is -0.457 e. The van der Waals surface area contributed by atoms with Crippen LogP contribution >= 0.6 is 11.6 Å². The van der Waals surface area contributed by atoms with Gasteiger partial charge in [0.25, 0.3) is 5.91 Å². The van der Waals surface area contributed by atoms with Crippen molar-refractivity contribution in [1.82, 2.24) is 5.32 Å². The Morgan fingerprint density at radius 1 is 1.07 bits per heavy atom. The summed E-state index contributed by atoms with van der Waals surface area (Å²) in [5.41, 5.74) is 1.59. The van der Waals surface area contributed by atoms with Gasteiger partial charge in [-0.3, -0.25) is 4.79 Å². The van der Waals surface area contributed by atoms with E-state index in [1.807, 2.05) is 0 Å². The lowest BCUT2D eigenvalue weighted by Crippen LogP contribution is -2.30. The molecule has 1 aliphatic rings. The van der Waals surface area contributed by atoms with Gasteiger partial charge in [0, 0.05) is 16.7 Å². The van der Waals surface area contributed by atoms with Crippen LogP contribution in [0.5, 0.6) is 0 Å². The Labute approximate surface area is 165 Å². The topological polar surface area (TPSA) is 86.3 Å². The van der Waals surface area contributed by atoms with Crippen molar-refractivity contribution in [2.24, 2.45) is 0 Å². The zero-order chi connectivity index (χ0) is 19.7. The predicted molar refractivity (Wildman–Crippen MR) is 104 cm³/mol. The van der Waals surface area contributed by atoms with Gasteiger partial charge in [-0.25, -0.2) is 9.69 Å². The van der Waals surface area contributed by atoms with E-state index < -0.39 is 11.9 Å². The fraction of sp³-hybridized carbons (Fsp3) is 0. The number of hydrogen-bond acceptors (Lipinski definition) is 4. The number of nitriles is 1. The van der Waals surface area contributed by atoms with E-state index in [2.05, 4.69) is 11.4 Å². The zero-order valence-corrected chi connectivity index (χ0v) is 15.1. The lowest BCUT2D eigenvalue weighted by atomic mass is 10.1. The fourth-order valence-electron chi connectivity index (χ4n) is 2.90. The SMILES string of the molecule is N#Cc1ccccc1-c1ccc(/C=C2/NC(=O)N(c3cccc(Cl)c3)C2=O)o1. The van der Waals surface area contributed by atoms with E-state index in [-0.39, 0.29) is 5.70 Å². The summed E-state index contributed by atoms with van der Waals surface area (Å²) in [6.07, 6.45) is 1.45. The van der Waals surface area contributed by atoms with Crippen LogP contribution in [0.25, 0.3) is 17.4 Å². The van der Waals surface area contributed by atoms with Gasteiger partial charge in [0.2, 0.25) is 0 Å². The molecule has 136 valence electrons. The largest absolute Gasteiger partial charge is 0.457 e. The van der Waals surface area contributed by atoms with Crippen LogP contribution in [-0.2, 0) is 4.79 Å². The van der Waals surface area contributed by atoms with Gasteiger partial charge in [0.1, 0.15) is 17.2 Å². The van der Waals surface area contributed by atoms with Gasteiger partial charge in [-0.2, -0.15) is 5.26 Å². The summed E-state index contributed by atoms with van der Waals surface area (Å²) >= 11 is 5.95. The van der Waals surface area contributed by atoms with Gasteiger partial charge in [0.05, 0.1) is 17.3 Å². The van der Waals surface area contributed by atoms with Crippen molar-refractivity contribution in [3.05, 3.63) is 82.7 Å². The summed E-state index contributed by atoms with van der Waals surface area (Å²) in [6.45, 7) is 0. The first kappa shape index (κ1) is 17.6. The van der Waals surface area contributed by atoms with Crippen LogP contribution in [0, 0.1) is 11.3 Å². The number of anilines is 1. The van der Waals surface area contributed by atoms with Crippen molar-refractivity contribution in [1.29, 1.82) is 5.26 Å². The molecule has 0 bridgehead atoms. The molecule has 1 saturated heterocycles. The number of carbonyl (C=O) groups is 2. The van der Waals surface area contributed by atoms with Crippen molar-refractivity contribution < 1.29 is 14.0 Å². The van der Waals surface area contributed by atoms with E-state index in [0.29, 0.717) is 33.4 Å². The van der Waals surface area contributed by atoms with Gasteiger partial charge in [-0.1, -0.05) is 29.8 Å². The fourth-order valence-corrected chi connectivity index (χ4v) is 3.08. The molecular weight excluding hydrogens is 378 g/mol.